The van der Waals surface area contributed by atoms with Crippen LogP contribution in [0, 0.1) is 11.8 Å². The third-order valence-electron chi connectivity index (χ3n) is 4.60. The van der Waals surface area contributed by atoms with Gasteiger partial charge in [0, 0.05) is 44.5 Å². The van der Waals surface area contributed by atoms with Crippen molar-refractivity contribution in [2.45, 2.75) is 58.5 Å². The molecule has 2 fully saturated rings. The van der Waals surface area contributed by atoms with Crippen LogP contribution in [0.3, 0.4) is 0 Å². The molecule has 1 aliphatic heterocycles. The highest BCUT2D eigenvalue weighted by Gasteiger charge is 2.35. The summed E-state index contributed by atoms with van der Waals surface area (Å²) in [6.45, 7) is 7.02. The topological polar surface area (TPSA) is 95.9 Å². The Hall–Kier alpha value is -1.76. The van der Waals surface area contributed by atoms with Crippen LogP contribution >= 0.6 is 0 Å². The molecule has 1 saturated carbocycles. The quantitative estimate of drug-likeness (QED) is 0.424. The molecule has 1 aliphatic carbocycles. The largest absolute Gasteiger partial charge is 0.401 e. The molecule has 25 heavy (non-hydrogen) atoms. The van der Waals surface area contributed by atoms with Gasteiger partial charge in [0.1, 0.15) is 6.04 Å². The van der Waals surface area contributed by atoms with Gasteiger partial charge in [-0.15, -0.1) is 0 Å². The zero-order valence-corrected chi connectivity index (χ0v) is 16.3. The van der Waals surface area contributed by atoms with E-state index in [-0.39, 0.29) is 17.9 Å². The van der Waals surface area contributed by atoms with E-state index in [0.717, 1.165) is 44.3 Å². The van der Waals surface area contributed by atoms with Gasteiger partial charge in [0.05, 0.1) is 0 Å². The van der Waals surface area contributed by atoms with Crippen molar-refractivity contribution in [3.05, 3.63) is 11.9 Å². The number of amides is 2. The minimum absolute atomic E-state index is 0.132. The number of hydrogen-bond acceptors (Lipinski definition) is 5. The van der Waals surface area contributed by atoms with Crippen molar-refractivity contribution >= 4 is 12.3 Å². The minimum Gasteiger partial charge on any atom is -0.401 e. The van der Waals surface area contributed by atoms with E-state index in [9.17, 15) is 9.59 Å². The molecule has 0 radical (unpaired) electrons. The fourth-order valence-electron chi connectivity index (χ4n) is 2.96. The minimum atomic E-state index is -0.326. The number of hydrogen-bond donors (Lipinski definition) is 2. The zero-order valence-electron chi connectivity index (χ0n) is 16.3. The summed E-state index contributed by atoms with van der Waals surface area (Å²) >= 11 is 0. The Kier molecular flexibility index (Phi) is 8.22. The van der Waals surface area contributed by atoms with Gasteiger partial charge < -0.3 is 20.5 Å². The molecule has 0 aromatic rings. The second-order valence-corrected chi connectivity index (χ2v) is 7.63. The molecule has 1 heterocycles. The van der Waals surface area contributed by atoms with E-state index in [1.807, 2.05) is 18.7 Å². The number of nitrogens with zero attached hydrogens (tertiary/aromatic N) is 3. The third-order valence-corrected chi connectivity index (χ3v) is 4.60. The maximum Gasteiger partial charge on any atom is 0.247 e. The molecular weight excluding hydrogens is 318 g/mol. The van der Waals surface area contributed by atoms with Crippen molar-refractivity contribution in [3.8, 4) is 0 Å². The van der Waals surface area contributed by atoms with Crippen LogP contribution in [0.25, 0.3) is 0 Å². The first-order valence-corrected chi connectivity index (χ1v) is 9.11. The molecule has 1 saturated heterocycles. The molecule has 2 unspecified atom stereocenters. The summed E-state index contributed by atoms with van der Waals surface area (Å²) < 4.78 is 0. The molecule has 2 rings (SSSR count). The summed E-state index contributed by atoms with van der Waals surface area (Å²) in [4.78, 5) is 25.6. The van der Waals surface area contributed by atoms with Gasteiger partial charge in [0.25, 0.3) is 0 Å². The number of nitrogens with two attached hydrogens (primary N) is 2. The Labute approximate surface area is 152 Å². The third kappa shape index (κ3) is 6.57. The molecule has 0 spiro atoms. The fourth-order valence-corrected chi connectivity index (χ4v) is 2.96. The van der Waals surface area contributed by atoms with E-state index in [1.165, 1.54) is 9.91 Å². The van der Waals surface area contributed by atoms with Crippen molar-refractivity contribution in [3.63, 3.8) is 0 Å². The predicted molar refractivity (Wildman–Crippen MR) is 99.8 cm³/mol. The average molecular weight is 354 g/mol. The van der Waals surface area contributed by atoms with E-state index >= 15 is 0 Å². The molecule has 0 aromatic carbocycles. The molecule has 0 bridgehead atoms. The monoisotopic (exact) mass is 353 g/mol. The second-order valence-electron chi connectivity index (χ2n) is 7.63. The molecule has 4 N–H and O–H groups in total. The van der Waals surface area contributed by atoms with Gasteiger partial charge in [-0.2, -0.15) is 0 Å². The highest BCUT2D eigenvalue weighted by atomic mass is 16.2. The zero-order chi connectivity index (χ0) is 19.1. The number of hydrazine groups is 1. The Balaban J connectivity index is 0.000000550. The van der Waals surface area contributed by atoms with E-state index in [2.05, 4.69) is 6.92 Å². The second kappa shape index (κ2) is 9.65. The summed E-state index contributed by atoms with van der Waals surface area (Å²) in [5.74, 6) is 6.88. The standard InChI is InChI=1S/C15H28N4O.C3H7NO/c1-10(2)14(15(20)18-8-4-5-11(18)3)19(17)9-13(16)12-6-7-12;1-4(2)3-5/h9-12,14H,4-8,16-17H2,1-3H3;3H,1-2H3/b13-9-;. The number of carbonyl (C=O) groups is 2. The predicted octanol–water partition coefficient (Wildman–Crippen LogP) is 1.11. The summed E-state index contributed by atoms with van der Waals surface area (Å²) in [5.41, 5.74) is 6.82. The number of likely N-dealkylation sites (tertiary alicyclic amines) is 1. The van der Waals surface area contributed by atoms with Gasteiger partial charge >= 0.3 is 0 Å². The van der Waals surface area contributed by atoms with Crippen LogP contribution in [-0.4, -0.2) is 59.8 Å². The first kappa shape index (κ1) is 21.3. The Bertz CT molecular complexity index is 474. The van der Waals surface area contributed by atoms with Crippen molar-refractivity contribution < 1.29 is 9.59 Å². The molecule has 7 heteroatoms. The lowest BCUT2D eigenvalue weighted by molar-refractivity contribution is -0.138. The number of carbonyl (C=O) groups excluding carboxylic acids is 2. The number of rotatable bonds is 6. The van der Waals surface area contributed by atoms with Crippen LogP contribution in [0.15, 0.2) is 11.9 Å². The maximum atomic E-state index is 12.7. The van der Waals surface area contributed by atoms with Gasteiger partial charge in [-0.05, 0) is 38.5 Å². The molecule has 144 valence electrons. The van der Waals surface area contributed by atoms with E-state index in [0.29, 0.717) is 12.0 Å². The van der Waals surface area contributed by atoms with Crippen LogP contribution in [-0.2, 0) is 9.59 Å². The normalized spacial score (nSPS) is 21.5. The molecular formula is C18H35N5O2. The molecule has 2 amide bonds. The smallest absolute Gasteiger partial charge is 0.247 e. The average Bonchev–Trinajstić information content (AvgIpc) is 3.29. The molecule has 7 nitrogen and oxygen atoms in total. The van der Waals surface area contributed by atoms with Crippen LogP contribution < -0.4 is 11.6 Å². The van der Waals surface area contributed by atoms with E-state index in [1.54, 1.807) is 20.3 Å². The van der Waals surface area contributed by atoms with Crippen molar-refractivity contribution in [1.82, 2.24) is 14.8 Å². The number of allylic oxidation sites excluding steroid dienone is 1. The molecule has 0 aromatic heterocycles. The molecule has 2 aliphatic rings. The van der Waals surface area contributed by atoms with Crippen molar-refractivity contribution in [2.24, 2.45) is 23.4 Å². The van der Waals surface area contributed by atoms with Gasteiger partial charge in [-0.25, -0.2) is 5.84 Å². The van der Waals surface area contributed by atoms with Crippen LogP contribution in [0.5, 0.6) is 0 Å². The van der Waals surface area contributed by atoms with Crippen LogP contribution in [0.2, 0.25) is 0 Å². The Morgan fingerprint density at radius 1 is 1.24 bits per heavy atom. The lowest BCUT2D eigenvalue weighted by atomic mass is 10.0. The van der Waals surface area contributed by atoms with Gasteiger partial charge in [0.2, 0.25) is 12.3 Å². The van der Waals surface area contributed by atoms with Crippen LogP contribution in [0.4, 0.5) is 0 Å². The lowest BCUT2D eigenvalue weighted by Gasteiger charge is -2.34. The van der Waals surface area contributed by atoms with Gasteiger partial charge in [-0.3, -0.25) is 9.59 Å². The van der Waals surface area contributed by atoms with E-state index in [4.69, 9.17) is 11.6 Å². The van der Waals surface area contributed by atoms with Crippen molar-refractivity contribution in [1.29, 1.82) is 0 Å². The van der Waals surface area contributed by atoms with E-state index < -0.39 is 0 Å². The first-order valence-electron chi connectivity index (χ1n) is 9.11. The van der Waals surface area contributed by atoms with Crippen LogP contribution in [0.1, 0.15) is 46.5 Å². The fraction of sp³-hybridized carbons (Fsp3) is 0.778. The summed E-state index contributed by atoms with van der Waals surface area (Å²) in [6.07, 6.45) is 6.96. The summed E-state index contributed by atoms with van der Waals surface area (Å²) in [5, 5.41) is 1.53. The first-order chi connectivity index (χ1) is 11.7. The SMILES string of the molecule is CC(C)C(C(=O)N1CCCC1C)N(N)/C=C(\N)C1CC1.CN(C)C=O. The molecule has 2 atom stereocenters. The summed E-state index contributed by atoms with van der Waals surface area (Å²) in [6, 6.07) is -0.00485. The van der Waals surface area contributed by atoms with Gasteiger partial charge in [-0.1, -0.05) is 13.8 Å². The highest BCUT2D eigenvalue weighted by Crippen LogP contribution is 2.34. The van der Waals surface area contributed by atoms with Crippen molar-refractivity contribution in [2.75, 3.05) is 20.6 Å². The maximum absolute atomic E-state index is 12.7. The Morgan fingerprint density at radius 3 is 2.16 bits per heavy atom. The lowest BCUT2D eigenvalue weighted by Crippen LogP contribution is -2.53. The highest BCUT2D eigenvalue weighted by molar-refractivity contribution is 5.82. The Morgan fingerprint density at radius 2 is 1.80 bits per heavy atom. The summed E-state index contributed by atoms with van der Waals surface area (Å²) in [7, 11) is 3.38. The van der Waals surface area contributed by atoms with Gasteiger partial charge in [0.15, 0.2) is 0 Å².